The van der Waals surface area contributed by atoms with Gasteiger partial charge in [-0.25, -0.2) is 0 Å². The van der Waals surface area contributed by atoms with Gasteiger partial charge >= 0.3 is 0 Å². The average molecular weight is 246 g/mol. The highest BCUT2D eigenvalue weighted by molar-refractivity contribution is 5.15. The maximum absolute atomic E-state index is 3.57. The van der Waals surface area contributed by atoms with Crippen LogP contribution in [-0.4, -0.2) is 36.6 Å². The molecule has 1 aromatic carbocycles. The minimum absolute atomic E-state index is 0.263. The van der Waals surface area contributed by atoms with Crippen LogP contribution in [0, 0.1) is 5.92 Å². The topological polar surface area (TPSA) is 15.3 Å². The van der Waals surface area contributed by atoms with Gasteiger partial charge in [0.2, 0.25) is 0 Å². The van der Waals surface area contributed by atoms with Crippen LogP contribution in [0.25, 0.3) is 0 Å². The molecule has 0 saturated carbocycles. The summed E-state index contributed by atoms with van der Waals surface area (Å²) in [6.07, 6.45) is 1.15. The molecule has 2 rings (SSSR count). The molecule has 0 radical (unpaired) electrons. The predicted molar refractivity (Wildman–Crippen MR) is 77.8 cm³/mol. The van der Waals surface area contributed by atoms with E-state index in [2.05, 4.69) is 61.3 Å². The maximum atomic E-state index is 3.57. The lowest BCUT2D eigenvalue weighted by molar-refractivity contribution is 0.124. The predicted octanol–water partition coefficient (Wildman–Crippen LogP) is 2.55. The van der Waals surface area contributed by atoms with Crippen molar-refractivity contribution >= 4 is 0 Å². The van der Waals surface area contributed by atoms with E-state index in [0.717, 1.165) is 32.0 Å². The molecule has 1 atom stereocenters. The summed E-state index contributed by atoms with van der Waals surface area (Å²) in [4.78, 5) is 2.64. The molecule has 0 bridgehead atoms. The first kappa shape index (κ1) is 13.6. The molecule has 2 heteroatoms. The third-order valence-electron chi connectivity index (χ3n) is 3.95. The number of nitrogens with zero attached hydrogens (tertiary/aromatic N) is 1. The summed E-state index contributed by atoms with van der Waals surface area (Å²) in [6, 6.07) is 10.8. The van der Waals surface area contributed by atoms with E-state index in [1.807, 2.05) is 0 Å². The van der Waals surface area contributed by atoms with Crippen molar-refractivity contribution in [1.29, 1.82) is 0 Å². The standard InChI is InChI=1S/C16H26N2/c1-14-11-17-13-16(2,3)18(12-14)10-9-15-7-5-4-6-8-15/h4-8,14,17H,9-13H2,1-3H3. The molecule has 1 aliphatic heterocycles. The van der Waals surface area contributed by atoms with E-state index in [-0.39, 0.29) is 5.54 Å². The molecule has 1 saturated heterocycles. The van der Waals surface area contributed by atoms with Crippen molar-refractivity contribution in [3.8, 4) is 0 Å². The highest BCUT2D eigenvalue weighted by Gasteiger charge is 2.29. The lowest BCUT2D eigenvalue weighted by atomic mass is 10.0. The molecular formula is C16H26N2. The average Bonchev–Trinajstić information content (AvgIpc) is 2.47. The third kappa shape index (κ3) is 3.56. The van der Waals surface area contributed by atoms with Gasteiger partial charge in [-0.1, -0.05) is 37.3 Å². The highest BCUT2D eigenvalue weighted by Crippen LogP contribution is 2.19. The molecule has 0 amide bonds. The van der Waals surface area contributed by atoms with Crippen molar-refractivity contribution < 1.29 is 0 Å². The molecule has 1 aliphatic rings. The molecule has 1 heterocycles. The minimum atomic E-state index is 0.263. The van der Waals surface area contributed by atoms with Crippen LogP contribution in [0.1, 0.15) is 26.3 Å². The molecule has 1 unspecified atom stereocenters. The number of hydrogen-bond donors (Lipinski definition) is 1. The Hall–Kier alpha value is -0.860. The smallest absolute Gasteiger partial charge is 0.0277 e. The number of rotatable bonds is 3. The van der Waals surface area contributed by atoms with Crippen LogP contribution in [0.5, 0.6) is 0 Å². The third-order valence-corrected chi connectivity index (χ3v) is 3.95. The fourth-order valence-electron chi connectivity index (χ4n) is 2.73. The van der Waals surface area contributed by atoms with Gasteiger partial charge in [0.15, 0.2) is 0 Å². The number of benzene rings is 1. The first-order chi connectivity index (χ1) is 8.58. The SMILES string of the molecule is CC1CNCC(C)(C)N(CCc2ccccc2)C1. The zero-order valence-electron chi connectivity index (χ0n) is 11.9. The summed E-state index contributed by atoms with van der Waals surface area (Å²) in [5.74, 6) is 0.738. The summed E-state index contributed by atoms with van der Waals surface area (Å²) in [7, 11) is 0. The zero-order chi connectivity index (χ0) is 13.0. The van der Waals surface area contributed by atoms with Gasteiger partial charge in [0.25, 0.3) is 0 Å². The fraction of sp³-hybridized carbons (Fsp3) is 0.625. The second kappa shape index (κ2) is 5.85. The highest BCUT2D eigenvalue weighted by atomic mass is 15.2. The Morgan fingerprint density at radius 3 is 2.72 bits per heavy atom. The normalized spacial score (nSPS) is 24.7. The summed E-state index contributed by atoms with van der Waals surface area (Å²) in [5, 5.41) is 3.57. The molecule has 1 fully saturated rings. The van der Waals surface area contributed by atoms with Crippen LogP contribution in [0.15, 0.2) is 30.3 Å². The Labute approximate surface area is 111 Å². The van der Waals surface area contributed by atoms with Gasteiger partial charge in [0.1, 0.15) is 0 Å². The summed E-state index contributed by atoms with van der Waals surface area (Å²) in [6.45, 7) is 11.6. The lowest BCUT2D eigenvalue weighted by Gasteiger charge is -2.37. The summed E-state index contributed by atoms with van der Waals surface area (Å²) < 4.78 is 0. The van der Waals surface area contributed by atoms with E-state index < -0.39 is 0 Å². The Bertz CT molecular complexity index is 359. The Balaban J connectivity index is 1.97. The number of hydrogen-bond acceptors (Lipinski definition) is 2. The van der Waals surface area contributed by atoms with Crippen molar-refractivity contribution in [1.82, 2.24) is 10.2 Å². The van der Waals surface area contributed by atoms with Crippen LogP contribution in [0.3, 0.4) is 0 Å². The summed E-state index contributed by atoms with van der Waals surface area (Å²) >= 11 is 0. The van der Waals surface area contributed by atoms with E-state index in [9.17, 15) is 0 Å². The Morgan fingerprint density at radius 2 is 2.00 bits per heavy atom. The molecule has 0 aliphatic carbocycles. The molecule has 18 heavy (non-hydrogen) atoms. The van der Waals surface area contributed by atoms with Crippen molar-refractivity contribution in [3.63, 3.8) is 0 Å². The van der Waals surface area contributed by atoms with Crippen molar-refractivity contribution in [2.45, 2.75) is 32.7 Å². The van der Waals surface area contributed by atoms with Gasteiger partial charge in [-0.3, -0.25) is 4.90 Å². The van der Waals surface area contributed by atoms with E-state index in [0.29, 0.717) is 0 Å². The zero-order valence-corrected chi connectivity index (χ0v) is 11.9. The minimum Gasteiger partial charge on any atom is -0.315 e. The van der Waals surface area contributed by atoms with Crippen LogP contribution in [0.2, 0.25) is 0 Å². The quantitative estimate of drug-likeness (QED) is 0.882. The Kier molecular flexibility index (Phi) is 4.41. The van der Waals surface area contributed by atoms with Crippen LogP contribution in [-0.2, 0) is 6.42 Å². The van der Waals surface area contributed by atoms with Crippen LogP contribution < -0.4 is 5.32 Å². The van der Waals surface area contributed by atoms with E-state index >= 15 is 0 Å². The molecule has 2 nitrogen and oxygen atoms in total. The maximum Gasteiger partial charge on any atom is 0.0277 e. The van der Waals surface area contributed by atoms with Crippen LogP contribution in [0.4, 0.5) is 0 Å². The molecule has 100 valence electrons. The van der Waals surface area contributed by atoms with E-state index in [1.165, 1.54) is 12.1 Å². The van der Waals surface area contributed by atoms with Crippen molar-refractivity contribution in [2.24, 2.45) is 5.92 Å². The molecule has 1 aromatic rings. The van der Waals surface area contributed by atoms with Gasteiger partial charge in [-0.2, -0.15) is 0 Å². The van der Waals surface area contributed by atoms with Crippen molar-refractivity contribution in [3.05, 3.63) is 35.9 Å². The van der Waals surface area contributed by atoms with Gasteiger partial charge in [-0.15, -0.1) is 0 Å². The van der Waals surface area contributed by atoms with Gasteiger partial charge < -0.3 is 5.32 Å². The second-order valence-corrected chi connectivity index (χ2v) is 6.23. The van der Waals surface area contributed by atoms with Gasteiger partial charge in [0.05, 0.1) is 0 Å². The van der Waals surface area contributed by atoms with E-state index in [1.54, 1.807) is 0 Å². The second-order valence-electron chi connectivity index (χ2n) is 6.23. The number of nitrogens with one attached hydrogen (secondary N) is 1. The van der Waals surface area contributed by atoms with Crippen molar-refractivity contribution in [2.75, 3.05) is 26.2 Å². The van der Waals surface area contributed by atoms with Crippen LogP contribution >= 0.6 is 0 Å². The molecule has 0 aromatic heterocycles. The monoisotopic (exact) mass is 246 g/mol. The largest absolute Gasteiger partial charge is 0.315 e. The van der Waals surface area contributed by atoms with Gasteiger partial charge in [0, 0.05) is 25.2 Å². The first-order valence-electron chi connectivity index (χ1n) is 7.07. The molecular weight excluding hydrogens is 220 g/mol. The summed E-state index contributed by atoms with van der Waals surface area (Å²) in [5.41, 5.74) is 1.71. The van der Waals surface area contributed by atoms with E-state index in [4.69, 9.17) is 0 Å². The van der Waals surface area contributed by atoms with Gasteiger partial charge in [-0.05, 0) is 38.3 Å². The lowest BCUT2D eigenvalue weighted by Crippen LogP contribution is -2.49. The first-order valence-corrected chi connectivity index (χ1v) is 7.07. The molecule has 1 N–H and O–H groups in total. The Morgan fingerprint density at radius 1 is 1.28 bits per heavy atom. The molecule has 0 spiro atoms. The fourth-order valence-corrected chi connectivity index (χ4v) is 2.73.